The molecule has 1 unspecified atom stereocenters. The molecular formula is C13H26N2OS. The monoisotopic (exact) mass is 258 g/mol. The minimum atomic E-state index is -0.0351. The first-order valence-corrected chi connectivity index (χ1v) is 6.89. The normalized spacial score (nSPS) is 21.8. The maximum absolute atomic E-state index is 5.73. The van der Waals surface area contributed by atoms with Gasteiger partial charge < -0.3 is 15.4 Å². The molecule has 0 aliphatic carbocycles. The largest absolute Gasteiger partial charge is 0.393 e. The third-order valence-corrected chi connectivity index (χ3v) is 4.16. The number of hydrogen-bond acceptors (Lipinski definition) is 3. The van der Waals surface area contributed by atoms with E-state index in [2.05, 4.69) is 25.8 Å². The topological polar surface area (TPSA) is 38.5 Å². The van der Waals surface area contributed by atoms with Gasteiger partial charge in [-0.05, 0) is 38.8 Å². The standard InChI is InChI=1S/C13H26N2OS/c1-13(2,12(14)17)6-7-15(3)9-11-5-4-8-16-10-11/h11H,4-10H2,1-3H3,(H2,14,17). The zero-order valence-electron chi connectivity index (χ0n) is 11.4. The summed E-state index contributed by atoms with van der Waals surface area (Å²) in [5.41, 5.74) is 5.70. The predicted octanol–water partition coefficient (Wildman–Crippen LogP) is 2.05. The summed E-state index contributed by atoms with van der Waals surface area (Å²) in [5, 5.41) is 0. The lowest BCUT2D eigenvalue weighted by molar-refractivity contribution is 0.0413. The Hall–Kier alpha value is -0.190. The van der Waals surface area contributed by atoms with E-state index in [9.17, 15) is 0 Å². The van der Waals surface area contributed by atoms with Gasteiger partial charge in [-0.3, -0.25) is 0 Å². The smallest absolute Gasteiger partial charge is 0.0784 e. The van der Waals surface area contributed by atoms with Gasteiger partial charge in [-0.2, -0.15) is 0 Å². The summed E-state index contributed by atoms with van der Waals surface area (Å²) in [4.78, 5) is 2.99. The van der Waals surface area contributed by atoms with E-state index < -0.39 is 0 Å². The third-order valence-electron chi connectivity index (χ3n) is 3.61. The minimum absolute atomic E-state index is 0.0351. The highest BCUT2D eigenvalue weighted by molar-refractivity contribution is 7.80. The average molecular weight is 258 g/mol. The molecule has 0 aromatic carbocycles. The highest BCUT2D eigenvalue weighted by Gasteiger charge is 2.22. The lowest BCUT2D eigenvalue weighted by Gasteiger charge is -2.30. The van der Waals surface area contributed by atoms with Crippen LogP contribution in [0.4, 0.5) is 0 Å². The number of rotatable bonds is 6. The number of nitrogens with zero attached hydrogens (tertiary/aromatic N) is 1. The molecule has 4 heteroatoms. The van der Waals surface area contributed by atoms with Gasteiger partial charge in [0.25, 0.3) is 0 Å². The number of hydrogen-bond donors (Lipinski definition) is 1. The van der Waals surface area contributed by atoms with E-state index in [4.69, 9.17) is 22.7 Å². The molecule has 1 heterocycles. The van der Waals surface area contributed by atoms with Gasteiger partial charge in [0.1, 0.15) is 0 Å². The van der Waals surface area contributed by atoms with Crippen LogP contribution in [-0.4, -0.2) is 43.2 Å². The third kappa shape index (κ3) is 5.32. The number of thiocarbonyl (C=S) groups is 1. The van der Waals surface area contributed by atoms with Crippen molar-refractivity contribution in [2.75, 3.05) is 33.4 Å². The van der Waals surface area contributed by atoms with Gasteiger partial charge >= 0.3 is 0 Å². The van der Waals surface area contributed by atoms with Crippen LogP contribution in [0.5, 0.6) is 0 Å². The Kier molecular flexibility index (Phi) is 5.83. The Morgan fingerprint density at radius 1 is 1.53 bits per heavy atom. The van der Waals surface area contributed by atoms with Gasteiger partial charge in [0.2, 0.25) is 0 Å². The van der Waals surface area contributed by atoms with Crippen molar-refractivity contribution in [3.05, 3.63) is 0 Å². The maximum Gasteiger partial charge on any atom is 0.0784 e. The van der Waals surface area contributed by atoms with Crippen LogP contribution in [0.25, 0.3) is 0 Å². The second kappa shape index (κ2) is 6.66. The van der Waals surface area contributed by atoms with E-state index in [1.807, 2.05) is 0 Å². The first kappa shape index (κ1) is 14.9. The Bertz CT molecular complexity index is 250. The second-order valence-electron chi connectivity index (χ2n) is 5.84. The van der Waals surface area contributed by atoms with E-state index >= 15 is 0 Å². The molecule has 3 nitrogen and oxygen atoms in total. The van der Waals surface area contributed by atoms with Crippen LogP contribution in [0.2, 0.25) is 0 Å². The van der Waals surface area contributed by atoms with Crippen molar-refractivity contribution in [3.8, 4) is 0 Å². The van der Waals surface area contributed by atoms with Crippen LogP contribution < -0.4 is 5.73 Å². The van der Waals surface area contributed by atoms with Crippen molar-refractivity contribution in [1.29, 1.82) is 0 Å². The summed E-state index contributed by atoms with van der Waals surface area (Å²) in [7, 11) is 2.17. The van der Waals surface area contributed by atoms with E-state index in [1.54, 1.807) is 0 Å². The molecule has 1 aliphatic rings. The van der Waals surface area contributed by atoms with Gasteiger partial charge in [-0.1, -0.05) is 26.1 Å². The molecule has 0 radical (unpaired) electrons. The molecule has 0 aromatic rings. The van der Waals surface area contributed by atoms with Crippen LogP contribution in [0.15, 0.2) is 0 Å². The van der Waals surface area contributed by atoms with Crippen LogP contribution in [0.1, 0.15) is 33.1 Å². The highest BCUT2D eigenvalue weighted by atomic mass is 32.1. The minimum Gasteiger partial charge on any atom is -0.393 e. The van der Waals surface area contributed by atoms with Gasteiger partial charge in [0, 0.05) is 18.6 Å². The van der Waals surface area contributed by atoms with Crippen LogP contribution in [0.3, 0.4) is 0 Å². The van der Waals surface area contributed by atoms with Gasteiger partial charge in [-0.25, -0.2) is 0 Å². The van der Waals surface area contributed by atoms with Crippen molar-refractivity contribution < 1.29 is 4.74 Å². The van der Waals surface area contributed by atoms with E-state index in [0.717, 1.165) is 32.7 Å². The second-order valence-corrected chi connectivity index (χ2v) is 6.28. The number of ether oxygens (including phenoxy) is 1. The summed E-state index contributed by atoms with van der Waals surface area (Å²) >= 11 is 5.08. The summed E-state index contributed by atoms with van der Waals surface area (Å²) in [6, 6.07) is 0. The molecule has 17 heavy (non-hydrogen) atoms. The van der Waals surface area contributed by atoms with Crippen molar-refractivity contribution in [2.45, 2.75) is 33.1 Å². The van der Waals surface area contributed by atoms with Crippen LogP contribution in [0, 0.1) is 11.3 Å². The van der Waals surface area contributed by atoms with E-state index in [1.165, 1.54) is 12.8 Å². The zero-order valence-corrected chi connectivity index (χ0v) is 12.2. The molecule has 1 rings (SSSR count). The highest BCUT2D eigenvalue weighted by Crippen LogP contribution is 2.21. The lowest BCUT2D eigenvalue weighted by Crippen LogP contribution is -2.36. The Morgan fingerprint density at radius 3 is 2.76 bits per heavy atom. The molecular weight excluding hydrogens is 232 g/mol. The predicted molar refractivity (Wildman–Crippen MR) is 76.2 cm³/mol. The molecule has 1 aliphatic heterocycles. The fourth-order valence-electron chi connectivity index (χ4n) is 2.08. The van der Waals surface area contributed by atoms with Crippen molar-refractivity contribution >= 4 is 17.2 Å². The van der Waals surface area contributed by atoms with Crippen molar-refractivity contribution in [3.63, 3.8) is 0 Å². The van der Waals surface area contributed by atoms with Crippen LogP contribution >= 0.6 is 12.2 Å². The fourth-order valence-corrected chi connectivity index (χ4v) is 2.18. The summed E-state index contributed by atoms with van der Waals surface area (Å²) in [6.07, 6.45) is 3.52. The van der Waals surface area contributed by atoms with Gasteiger partial charge in [0.15, 0.2) is 0 Å². The zero-order chi connectivity index (χ0) is 12.9. The molecule has 0 saturated carbocycles. The van der Waals surface area contributed by atoms with Gasteiger partial charge in [-0.15, -0.1) is 0 Å². The Morgan fingerprint density at radius 2 is 2.24 bits per heavy atom. The van der Waals surface area contributed by atoms with Gasteiger partial charge in [0.05, 0.1) is 11.6 Å². The lowest BCUT2D eigenvalue weighted by atomic mass is 9.89. The SMILES string of the molecule is CN(CCC(C)(C)C(N)=S)CC1CCCOC1. The molecule has 1 atom stereocenters. The molecule has 1 fully saturated rings. The average Bonchev–Trinajstić information content (AvgIpc) is 2.28. The Labute approximate surface area is 111 Å². The first-order valence-electron chi connectivity index (χ1n) is 6.48. The summed E-state index contributed by atoms with van der Waals surface area (Å²) in [5.74, 6) is 0.696. The fraction of sp³-hybridized carbons (Fsp3) is 0.923. The summed E-state index contributed by atoms with van der Waals surface area (Å²) in [6.45, 7) is 8.26. The van der Waals surface area contributed by atoms with Crippen molar-refractivity contribution in [1.82, 2.24) is 4.90 Å². The summed E-state index contributed by atoms with van der Waals surface area (Å²) < 4.78 is 5.50. The Balaban J connectivity index is 2.24. The number of nitrogens with two attached hydrogens (primary N) is 1. The molecule has 0 aromatic heterocycles. The molecule has 2 N–H and O–H groups in total. The van der Waals surface area contributed by atoms with Crippen LogP contribution in [-0.2, 0) is 4.74 Å². The van der Waals surface area contributed by atoms with E-state index in [-0.39, 0.29) is 5.41 Å². The maximum atomic E-state index is 5.73. The molecule has 0 bridgehead atoms. The van der Waals surface area contributed by atoms with E-state index in [0.29, 0.717) is 10.9 Å². The first-order chi connectivity index (χ1) is 7.92. The molecule has 0 spiro atoms. The molecule has 100 valence electrons. The molecule has 0 amide bonds. The molecule has 1 saturated heterocycles. The van der Waals surface area contributed by atoms with Crippen molar-refractivity contribution in [2.24, 2.45) is 17.1 Å². The quantitative estimate of drug-likeness (QED) is 0.740.